The van der Waals surface area contributed by atoms with E-state index in [0.717, 1.165) is 66.8 Å². The fourth-order valence-corrected chi connectivity index (χ4v) is 7.28. The molecule has 4 nitrogen and oxygen atoms in total. The number of benzene rings is 8. The average molecular weight is 681 g/mol. The van der Waals surface area contributed by atoms with Crippen LogP contribution >= 0.6 is 0 Å². The van der Waals surface area contributed by atoms with E-state index in [9.17, 15) is 0 Å². The summed E-state index contributed by atoms with van der Waals surface area (Å²) in [5.74, 6) is 0.599. The molecule has 2 heterocycles. The first kappa shape index (κ1) is 30.6. The topological polar surface area (TPSA) is 42.4 Å². The minimum Gasteiger partial charge on any atom is -0.456 e. The molecule has 0 aliphatic heterocycles. The maximum absolute atomic E-state index is 6.58. The molecule has 250 valence electrons. The van der Waals surface area contributed by atoms with E-state index in [1.165, 1.54) is 22.3 Å². The van der Waals surface area contributed by atoms with E-state index in [1.807, 2.05) is 48.5 Å². The summed E-state index contributed by atoms with van der Waals surface area (Å²) in [6.45, 7) is 0. The summed E-state index contributed by atoms with van der Waals surface area (Å²) in [4.78, 5) is 7.10. The Kier molecular flexibility index (Phi) is 7.43. The third kappa shape index (κ3) is 5.63. The van der Waals surface area contributed by atoms with E-state index in [0.29, 0.717) is 5.89 Å². The molecule has 0 radical (unpaired) electrons. The van der Waals surface area contributed by atoms with Crippen molar-refractivity contribution in [2.45, 2.75) is 0 Å². The summed E-state index contributed by atoms with van der Waals surface area (Å²) in [5, 5.41) is 2.01. The Balaban J connectivity index is 1.09. The summed E-state index contributed by atoms with van der Waals surface area (Å²) in [6, 6.07) is 67.7. The van der Waals surface area contributed by atoms with E-state index in [4.69, 9.17) is 13.8 Å². The molecular weight excluding hydrogens is 649 g/mol. The van der Waals surface area contributed by atoms with Crippen LogP contribution in [0.2, 0.25) is 0 Å². The lowest BCUT2D eigenvalue weighted by Gasteiger charge is -2.28. The Morgan fingerprint density at radius 2 is 0.887 bits per heavy atom. The van der Waals surface area contributed by atoms with Gasteiger partial charge in [0, 0.05) is 45.4 Å². The third-order valence-corrected chi connectivity index (χ3v) is 9.92. The van der Waals surface area contributed by atoms with Gasteiger partial charge in [0.15, 0.2) is 5.58 Å². The van der Waals surface area contributed by atoms with Gasteiger partial charge in [-0.1, -0.05) is 133 Å². The highest BCUT2D eigenvalue weighted by Gasteiger charge is 2.20. The summed E-state index contributed by atoms with van der Waals surface area (Å²) in [6.07, 6.45) is 0. The van der Waals surface area contributed by atoms with Crippen LogP contribution in [0.3, 0.4) is 0 Å². The Morgan fingerprint density at radius 1 is 0.358 bits per heavy atom. The molecule has 0 saturated heterocycles. The number of furan rings is 1. The molecular formula is C49H32N2O2. The lowest BCUT2D eigenvalue weighted by molar-refractivity contribution is 0.620. The highest BCUT2D eigenvalue weighted by molar-refractivity contribution is 6.10. The summed E-state index contributed by atoms with van der Waals surface area (Å²) in [5.41, 5.74) is 14.1. The first-order valence-corrected chi connectivity index (χ1v) is 17.8. The predicted octanol–water partition coefficient (Wildman–Crippen LogP) is 13.9. The van der Waals surface area contributed by atoms with Crippen LogP contribution in [0.1, 0.15) is 0 Å². The van der Waals surface area contributed by atoms with Crippen molar-refractivity contribution in [3.63, 3.8) is 0 Å². The second-order valence-electron chi connectivity index (χ2n) is 13.2. The number of aromatic nitrogens is 1. The second kappa shape index (κ2) is 12.9. The molecule has 53 heavy (non-hydrogen) atoms. The number of anilines is 3. The van der Waals surface area contributed by atoms with E-state index in [2.05, 4.69) is 150 Å². The standard InChI is InChI=1S/C49H32N2O2/c1-4-12-33(13-5-1)35-20-22-37(23-21-35)41-18-10-11-19-45(41)51(39-26-24-36(25-27-39)34-14-6-2-7-15-34)40-28-29-42-43-31-48-44(32-47(43)52-46(42)30-40)50-49(53-48)38-16-8-3-9-17-38/h1-32H. The lowest BCUT2D eigenvalue weighted by Crippen LogP contribution is -2.11. The number of fused-ring (bicyclic) bond motifs is 4. The lowest BCUT2D eigenvalue weighted by atomic mass is 9.98. The first-order chi connectivity index (χ1) is 26.2. The Morgan fingerprint density at radius 3 is 1.57 bits per heavy atom. The predicted molar refractivity (Wildman–Crippen MR) is 218 cm³/mol. The van der Waals surface area contributed by atoms with E-state index in [-0.39, 0.29) is 0 Å². The van der Waals surface area contributed by atoms with Gasteiger partial charge in [-0.25, -0.2) is 4.98 Å². The molecule has 0 amide bonds. The molecule has 0 bridgehead atoms. The molecule has 0 saturated carbocycles. The van der Waals surface area contributed by atoms with Gasteiger partial charge in [-0.15, -0.1) is 0 Å². The molecule has 4 heteroatoms. The van der Waals surface area contributed by atoms with Gasteiger partial charge in [0.05, 0.1) is 5.69 Å². The van der Waals surface area contributed by atoms with Crippen LogP contribution in [0.5, 0.6) is 0 Å². The highest BCUT2D eigenvalue weighted by Crippen LogP contribution is 2.44. The Labute approximate surface area is 306 Å². The number of hydrogen-bond donors (Lipinski definition) is 0. The van der Waals surface area contributed by atoms with Crippen molar-refractivity contribution in [1.29, 1.82) is 0 Å². The molecule has 2 aromatic heterocycles. The molecule has 0 fully saturated rings. The molecule has 0 unspecified atom stereocenters. The second-order valence-corrected chi connectivity index (χ2v) is 13.2. The van der Waals surface area contributed by atoms with E-state index >= 15 is 0 Å². The van der Waals surface area contributed by atoms with E-state index in [1.54, 1.807) is 0 Å². The molecule has 0 aliphatic carbocycles. The fraction of sp³-hybridized carbons (Fsp3) is 0. The van der Waals surface area contributed by atoms with Crippen molar-refractivity contribution >= 4 is 50.1 Å². The fourth-order valence-electron chi connectivity index (χ4n) is 7.28. The van der Waals surface area contributed by atoms with Crippen molar-refractivity contribution in [3.05, 3.63) is 194 Å². The number of hydrogen-bond acceptors (Lipinski definition) is 4. The van der Waals surface area contributed by atoms with Gasteiger partial charge in [-0.2, -0.15) is 0 Å². The van der Waals surface area contributed by atoms with Crippen LogP contribution < -0.4 is 4.90 Å². The minimum absolute atomic E-state index is 0.599. The molecule has 10 aromatic rings. The van der Waals surface area contributed by atoms with E-state index < -0.39 is 0 Å². The highest BCUT2D eigenvalue weighted by atomic mass is 16.4. The summed E-state index contributed by atoms with van der Waals surface area (Å²) >= 11 is 0. The van der Waals surface area contributed by atoms with Gasteiger partial charge in [0.1, 0.15) is 16.7 Å². The Hall–Kier alpha value is -7.17. The maximum atomic E-state index is 6.58. The van der Waals surface area contributed by atoms with Gasteiger partial charge >= 0.3 is 0 Å². The van der Waals surface area contributed by atoms with Gasteiger partial charge in [0.2, 0.25) is 5.89 Å². The van der Waals surface area contributed by atoms with Crippen LogP contribution in [-0.2, 0) is 0 Å². The Bertz CT molecular complexity index is 2860. The third-order valence-electron chi connectivity index (χ3n) is 9.92. The van der Waals surface area contributed by atoms with Gasteiger partial charge < -0.3 is 13.7 Å². The normalized spacial score (nSPS) is 11.4. The number of nitrogens with zero attached hydrogens (tertiary/aromatic N) is 2. The van der Waals surface area contributed by atoms with Gasteiger partial charge in [-0.05, 0) is 76.3 Å². The summed E-state index contributed by atoms with van der Waals surface area (Å²) < 4.78 is 12.8. The number of rotatable bonds is 7. The molecule has 10 rings (SSSR count). The molecule has 8 aromatic carbocycles. The van der Waals surface area contributed by atoms with Crippen molar-refractivity contribution in [2.75, 3.05) is 4.90 Å². The largest absolute Gasteiger partial charge is 0.456 e. The van der Waals surface area contributed by atoms with Crippen LogP contribution in [0.15, 0.2) is 203 Å². The van der Waals surface area contributed by atoms with Crippen molar-refractivity contribution in [3.8, 4) is 44.8 Å². The number of oxazole rings is 1. The van der Waals surface area contributed by atoms with Crippen molar-refractivity contribution in [1.82, 2.24) is 4.98 Å². The van der Waals surface area contributed by atoms with Crippen LogP contribution in [0.4, 0.5) is 17.1 Å². The van der Waals surface area contributed by atoms with Crippen molar-refractivity contribution < 1.29 is 8.83 Å². The zero-order chi connectivity index (χ0) is 35.1. The average Bonchev–Trinajstić information content (AvgIpc) is 3.82. The molecule has 0 N–H and O–H groups in total. The zero-order valence-corrected chi connectivity index (χ0v) is 28.7. The monoisotopic (exact) mass is 680 g/mol. The maximum Gasteiger partial charge on any atom is 0.227 e. The minimum atomic E-state index is 0.599. The van der Waals surface area contributed by atoms with Crippen LogP contribution in [0.25, 0.3) is 77.9 Å². The summed E-state index contributed by atoms with van der Waals surface area (Å²) in [7, 11) is 0. The molecule has 0 spiro atoms. The SMILES string of the molecule is c1ccc(-c2ccc(-c3ccccc3N(c3ccc(-c4ccccc4)cc3)c3ccc4c(c3)oc3cc5nc(-c6ccccc6)oc5cc34)cc2)cc1. The van der Waals surface area contributed by atoms with Crippen LogP contribution in [-0.4, -0.2) is 4.98 Å². The van der Waals surface area contributed by atoms with Crippen molar-refractivity contribution in [2.24, 2.45) is 0 Å². The van der Waals surface area contributed by atoms with Crippen LogP contribution in [0, 0.1) is 0 Å². The smallest absolute Gasteiger partial charge is 0.227 e. The zero-order valence-electron chi connectivity index (χ0n) is 28.7. The number of para-hydroxylation sites is 1. The van der Waals surface area contributed by atoms with Gasteiger partial charge in [-0.3, -0.25) is 0 Å². The molecule has 0 atom stereocenters. The molecule has 0 aliphatic rings. The van der Waals surface area contributed by atoms with Gasteiger partial charge in [0.25, 0.3) is 0 Å². The first-order valence-electron chi connectivity index (χ1n) is 17.8. The quantitative estimate of drug-likeness (QED) is 0.168.